The van der Waals surface area contributed by atoms with Crippen LogP contribution in [0, 0.1) is 0 Å². The van der Waals surface area contributed by atoms with E-state index in [0.717, 1.165) is 0 Å². The molecule has 0 aromatic rings. The molecule has 10 N–H and O–H groups in total. The Morgan fingerprint density at radius 2 is 1.52 bits per heavy atom. The first-order chi connectivity index (χ1) is 11.6. The molecule has 0 spiro atoms. The molecule has 4 amide bonds. The van der Waals surface area contributed by atoms with E-state index in [1.165, 1.54) is 0 Å². The molecule has 0 saturated carbocycles. The Bertz CT molecular complexity index is 526. The summed E-state index contributed by atoms with van der Waals surface area (Å²) in [5.41, 5.74) is 10.1. The summed E-state index contributed by atoms with van der Waals surface area (Å²) in [6.07, 6.45) is -0.678. The molecular weight excluding hydrogens is 342 g/mol. The molecule has 0 aliphatic carbocycles. The number of hydrogen-bond donors (Lipinski definition) is 8. The van der Waals surface area contributed by atoms with Crippen molar-refractivity contribution in [2.45, 2.75) is 24.5 Å². The average molecular weight is 363 g/mol. The van der Waals surface area contributed by atoms with Gasteiger partial charge in [0, 0.05) is 0 Å². The van der Waals surface area contributed by atoms with Crippen molar-refractivity contribution in [1.82, 2.24) is 16.0 Å². The number of nitrogens with two attached hydrogens (primary N) is 2. The van der Waals surface area contributed by atoms with Gasteiger partial charge in [-0.05, 0) is 0 Å². The quantitative estimate of drug-likeness (QED) is 0.174. The normalized spacial score (nSPS) is 13.9. The molecule has 0 saturated heterocycles. The average Bonchev–Trinajstić information content (AvgIpc) is 2.55. The van der Waals surface area contributed by atoms with Crippen LogP contribution in [-0.4, -0.2) is 82.8 Å². The Hall–Kier alpha value is -2.77. The van der Waals surface area contributed by atoms with Gasteiger partial charge in [0.1, 0.15) is 18.1 Å². The second-order valence-electron chi connectivity index (χ2n) is 4.88. The maximum atomic E-state index is 11.9. The lowest BCUT2D eigenvalue weighted by Gasteiger charge is -2.19. The maximum absolute atomic E-state index is 11.9. The lowest BCUT2D eigenvalue weighted by atomic mass is 10.1. The lowest BCUT2D eigenvalue weighted by Crippen LogP contribution is -2.55. The molecular formula is C12H21N5O8. The first kappa shape index (κ1) is 22.2. The predicted molar refractivity (Wildman–Crippen MR) is 80.5 cm³/mol. The number of rotatable bonds is 11. The van der Waals surface area contributed by atoms with Gasteiger partial charge in [-0.3, -0.25) is 19.2 Å². The third-order valence-electron chi connectivity index (χ3n) is 2.81. The van der Waals surface area contributed by atoms with Crippen LogP contribution in [0.3, 0.4) is 0 Å². The van der Waals surface area contributed by atoms with E-state index in [2.05, 4.69) is 5.32 Å². The molecule has 3 unspecified atom stereocenters. The van der Waals surface area contributed by atoms with E-state index in [-0.39, 0.29) is 0 Å². The molecule has 0 aliphatic heterocycles. The molecule has 0 aliphatic rings. The number of carboxylic acid groups (broad SMARTS) is 1. The summed E-state index contributed by atoms with van der Waals surface area (Å²) >= 11 is 0. The Balaban J connectivity index is 4.62. The molecule has 0 bridgehead atoms. The van der Waals surface area contributed by atoms with E-state index < -0.39 is 73.9 Å². The highest BCUT2D eigenvalue weighted by molar-refractivity contribution is 5.93. The second kappa shape index (κ2) is 10.9. The van der Waals surface area contributed by atoms with Gasteiger partial charge in [-0.1, -0.05) is 0 Å². The number of carboxylic acids is 1. The molecule has 0 aromatic heterocycles. The number of amides is 4. The summed E-state index contributed by atoms with van der Waals surface area (Å²) in [5.74, 6) is -5.26. The smallest absolute Gasteiger partial charge is 0.326 e. The van der Waals surface area contributed by atoms with E-state index in [0.29, 0.717) is 0 Å². The molecule has 0 fully saturated rings. The number of aliphatic hydroxyl groups excluding tert-OH is 2. The fourth-order valence-corrected chi connectivity index (χ4v) is 1.49. The summed E-state index contributed by atoms with van der Waals surface area (Å²) in [4.78, 5) is 56.4. The van der Waals surface area contributed by atoms with Gasteiger partial charge in [-0.2, -0.15) is 0 Å². The highest BCUT2D eigenvalue weighted by Gasteiger charge is 2.27. The van der Waals surface area contributed by atoms with Crippen LogP contribution in [0.15, 0.2) is 0 Å². The van der Waals surface area contributed by atoms with Crippen molar-refractivity contribution in [1.29, 1.82) is 0 Å². The van der Waals surface area contributed by atoms with E-state index in [1.807, 2.05) is 10.6 Å². The number of primary amides is 1. The molecule has 13 heteroatoms. The van der Waals surface area contributed by atoms with Gasteiger partial charge in [-0.15, -0.1) is 0 Å². The van der Waals surface area contributed by atoms with E-state index in [4.69, 9.17) is 26.8 Å². The van der Waals surface area contributed by atoms with Crippen LogP contribution in [0.5, 0.6) is 0 Å². The predicted octanol–water partition coefficient (Wildman–Crippen LogP) is -5.66. The van der Waals surface area contributed by atoms with E-state index in [1.54, 1.807) is 0 Å². The van der Waals surface area contributed by atoms with Crippen LogP contribution in [-0.2, 0) is 24.0 Å². The number of carbonyl (C=O) groups excluding carboxylic acids is 4. The Labute approximate surface area is 141 Å². The highest BCUT2D eigenvalue weighted by atomic mass is 16.4. The zero-order valence-electron chi connectivity index (χ0n) is 13.1. The molecule has 142 valence electrons. The van der Waals surface area contributed by atoms with Gasteiger partial charge in [0.15, 0.2) is 0 Å². The monoisotopic (exact) mass is 363 g/mol. The van der Waals surface area contributed by atoms with Crippen LogP contribution in [0.2, 0.25) is 0 Å². The van der Waals surface area contributed by atoms with Crippen molar-refractivity contribution < 1.29 is 39.3 Å². The number of aliphatic carboxylic acids is 1. The van der Waals surface area contributed by atoms with Crippen LogP contribution in [0.1, 0.15) is 6.42 Å². The Kier molecular flexibility index (Phi) is 9.69. The van der Waals surface area contributed by atoms with Gasteiger partial charge in [0.25, 0.3) is 0 Å². The summed E-state index contributed by atoms with van der Waals surface area (Å²) in [5, 5.41) is 32.7. The fourth-order valence-electron chi connectivity index (χ4n) is 1.49. The minimum Gasteiger partial charge on any atom is -0.480 e. The van der Waals surface area contributed by atoms with Crippen molar-refractivity contribution in [3.63, 3.8) is 0 Å². The lowest BCUT2D eigenvalue weighted by molar-refractivity contribution is -0.144. The standard InChI is InChI=1S/C12H21N5O8/c13-5(3-18)10(22)15-2-9(21)16-7(4-19)11(23)17-6(12(24)25)1-8(14)20/h5-7,18-19H,1-4,13H2,(H2,14,20)(H,15,22)(H,16,21)(H,17,23)(H,24,25). The SMILES string of the molecule is NC(=O)CC(NC(=O)C(CO)NC(=O)CNC(=O)C(N)CO)C(=O)O. The Morgan fingerprint density at radius 1 is 0.920 bits per heavy atom. The Morgan fingerprint density at radius 3 is 1.96 bits per heavy atom. The molecule has 0 heterocycles. The highest BCUT2D eigenvalue weighted by Crippen LogP contribution is 1.94. The summed E-state index contributed by atoms with van der Waals surface area (Å²) < 4.78 is 0. The van der Waals surface area contributed by atoms with Gasteiger partial charge >= 0.3 is 5.97 Å². The van der Waals surface area contributed by atoms with Crippen molar-refractivity contribution in [3.8, 4) is 0 Å². The van der Waals surface area contributed by atoms with Gasteiger partial charge in [0.05, 0.1) is 26.2 Å². The zero-order valence-corrected chi connectivity index (χ0v) is 13.1. The molecule has 0 radical (unpaired) electrons. The minimum absolute atomic E-state index is 0.597. The number of nitrogens with one attached hydrogen (secondary N) is 3. The molecule has 3 atom stereocenters. The third kappa shape index (κ3) is 8.59. The third-order valence-corrected chi connectivity index (χ3v) is 2.81. The van der Waals surface area contributed by atoms with Crippen molar-refractivity contribution in [2.24, 2.45) is 11.5 Å². The summed E-state index contributed by atoms with van der Waals surface area (Å²) in [6.45, 7) is -2.10. The van der Waals surface area contributed by atoms with Crippen molar-refractivity contribution >= 4 is 29.6 Å². The van der Waals surface area contributed by atoms with Crippen LogP contribution < -0.4 is 27.4 Å². The number of carbonyl (C=O) groups is 5. The van der Waals surface area contributed by atoms with Gasteiger partial charge < -0.3 is 42.7 Å². The summed E-state index contributed by atoms with van der Waals surface area (Å²) in [7, 11) is 0. The topological polar surface area (TPSA) is 234 Å². The van der Waals surface area contributed by atoms with Crippen LogP contribution in [0.25, 0.3) is 0 Å². The zero-order chi connectivity index (χ0) is 19.6. The molecule has 0 rings (SSSR count). The first-order valence-corrected chi connectivity index (χ1v) is 6.98. The van der Waals surface area contributed by atoms with Crippen LogP contribution >= 0.6 is 0 Å². The molecule has 0 aromatic carbocycles. The second-order valence-corrected chi connectivity index (χ2v) is 4.88. The largest absolute Gasteiger partial charge is 0.480 e. The summed E-state index contributed by atoms with van der Waals surface area (Å²) in [6, 6.07) is -4.38. The maximum Gasteiger partial charge on any atom is 0.326 e. The fraction of sp³-hybridized carbons (Fsp3) is 0.583. The van der Waals surface area contributed by atoms with Crippen molar-refractivity contribution in [3.05, 3.63) is 0 Å². The first-order valence-electron chi connectivity index (χ1n) is 6.98. The molecule has 25 heavy (non-hydrogen) atoms. The van der Waals surface area contributed by atoms with Gasteiger partial charge in [-0.25, -0.2) is 4.79 Å². The number of hydrogen-bond acceptors (Lipinski definition) is 8. The molecule has 13 nitrogen and oxygen atoms in total. The van der Waals surface area contributed by atoms with E-state index in [9.17, 15) is 24.0 Å². The number of aliphatic hydroxyl groups is 2. The van der Waals surface area contributed by atoms with Gasteiger partial charge in [0.2, 0.25) is 23.6 Å². The minimum atomic E-state index is -1.63. The van der Waals surface area contributed by atoms with E-state index >= 15 is 0 Å². The van der Waals surface area contributed by atoms with Crippen molar-refractivity contribution in [2.75, 3.05) is 19.8 Å². The van der Waals surface area contributed by atoms with Crippen LogP contribution in [0.4, 0.5) is 0 Å².